The van der Waals surface area contributed by atoms with Crippen molar-refractivity contribution in [1.29, 1.82) is 0 Å². The number of aliphatic hydroxyl groups excluding tert-OH is 2. The highest BCUT2D eigenvalue weighted by atomic mass is 16.3. The molecule has 0 saturated carbocycles. The van der Waals surface area contributed by atoms with Crippen LogP contribution in [0.3, 0.4) is 0 Å². The molecule has 3 nitrogen and oxygen atoms in total. The summed E-state index contributed by atoms with van der Waals surface area (Å²) < 4.78 is 0. The smallest absolute Gasteiger partial charge is 0.0836 e. The SMILES string of the molecule is C=CCN1CC2CC(C1)C(O)c1c(CO)cccc12.CC. The summed E-state index contributed by atoms with van der Waals surface area (Å²) >= 11 is 0. The van der Waals surface area contributed by atoms with Gasteiger partial charge in [-0.3, -0.25) is 4.90 Å². The van der Waals surface area contributed by atoms with E-state index in [0.717, 1.165) is 37.2 Å². The maximum Gasteiger partial charge on any atom is 0.0836 e. The molecule has 1 saturated heterocycles. The van der Waals surface area contributed by atoms with E-state index in [0.29, 0.717) is 5.92 Å². The van der Waals surface area contributed by atoms with Gasteiger partial charge in [0.1, 0.15) is 0 Å². The van der Waals surface area contributed by atoms with Gasteiger partial charge in [-0.15, -0.1) is 6.58 Å². The first-order valence-corrected chi connectivity index (χ1v) is 7.98. The average molecular weight is 289 g/mol. The summed E-state index contributed by atoms with van der Waals surface area (Å²) in [4.78, 5) is 2.36. The third kappa shape index (κ3) is 3.05. The van der Waals surface area contributed by atoms with Gasteiger partial charge in [0.2, 0.25) is 0 Å². The first-order chi connectivity index (χ1) is 10.2. The van der Waals surface area contributed by atoms with Gasteiger partial charge >= 0.3 is 0 Å². The number of hydrogen-bond donors (Lipinski definition) is 2. The van der Waals surface area contributed by atoms with E-state index in [2.05, 4.69) is 17.5 Å². The third-order valence-electron chi connectivity index (χ3n) is 4.53. The van der Waals surface area contributed by atoms with Gasteiger partial charge in [-0.25, -0.2) is 0 Å². The van der Waals surface area contributed by atoms with Crippen molar-refractivity contribution in [2.75, 3.05) is 19.6 Å². The predicted molar refractivity (Wildman–Crippen MR) is 86.2 cm³/mol. The summed E-state index contributed by atoms with van der Waals surface area (Å²) in [6.07, 6.45) is 2.54. The van der Waals surface area contributed by atoms with Crippen molar-refractivity contribution in [3.05, 3.63) is 47.5 Å². The van der Waals surface area contributed by atoms with Gasteiger partial charge in [0.25, 0.3) is 0 Å². The molecule has 2 N–H and O–H groups in total. The molecule has 3 heteroatoms. The van der Waals surface area contributed by atoms with Gasteiger partial charge in [0.15, 0.2) is 0 Å². The van der Waals surface area contributed by atoms with Crippen molar-refractivity contribution in [2.45, 2.75) is 38.9 Å². The molecular weight excluding hydrogens is 262 g/mol. The Kier molecular flexibility index (Phi) is 5.57. The molecule has 0 amide bonds. The topological polar surface area (TPSA) is 43.7 Å². The number of nitrogens with zero attached hydrogens (tertiary/aromatic N) is 1. The van der Waals surface area contributed by atoms with E-state index in [1.54, 1.807) is 0 Å². The zero-order chi connectivity index (χ0) is 15.4. The van der Waals surface area contributed by atoms with Crippen LogP contribution in [0, 0.1) is 5.92 Å². The molecule has 0 aromatic heterocycles. The molecule has 1 aliphatic heterocycles. The van der Waals surface area contributed by atoms with E-state index >= 15 is 0 Å². The lowest BCUT2D eigenvalue weighted by Crippen LogP contribution is -2.44. The number of hydrogen-bond acceptors (Lipinski definition) is 3. The van der Waals surface area contributed by atoms with Crippen molar-refractivity contribution >= 4 is 0 Å². The normalized spacial score (nSPS) is 27.3. The second kappa shape index (κ2) is 7.21. The van der Waals surface area contributed by atoms with Crippen LogP contribution in [-0.4, -0.2) is 34.7 Å². The summed E-state index contributed by atoms with van der Waals surface area (Å²) in [7, 11) is 0. The molecule has 0 spiro atoms. The van der Waals surface area contributed by atoms with Gasteiger partial charge < -0.3 is 10.2 Å². The third-order valence-corrected chi connectivity index (χ3v) is 4.53. The average Bonchev–Trinajstić information content (AvgIpc) is 2.54. The van der Waals surface area contributed by atoms with Crippen molar-refractivity contribution in [3.63, 3.8) is 0 Å². The highest BCUT2D eigenvalue weighted by Gasteiger charge is 2.39. The van der Waals surface area contributed by atoms with Crippen LogP contribution in [0.1, 0.15) is 49.0 Å². The number of rotatable bonds is 3. The van der Waals surface area contributed by atoms with Gasteiger partial charge in [0.05, 0.1) is 12.7 Å². The fourth-order valence-electron chi connectivity index (χ4n) is 3.74. The zero-order valence-corrected chi connectivity index (χ0v) is 13.1. The minimum atomic E-state index is -0.442. The first kappa shape index (κ1) is 16.2. The molecule has 1 aromatic carbocycles. The number of benzene rings is 1. The molecule has 3 atom stereocenters. The quantitative estimate of drug-likeness (QED) is 0.841. The Bertz CT molecular complexity index is 486. The van der Waals surface area contributed by atoms with Crippen LogP contribution in [0.4, 0.5) is 0 Å². The Morgan fingerprint density at radius 3 is 2.76 bits per heavy atom. The first-order valence-electron chi connectivity index (χ1n) is 7.98. The molecule has 2 bridgehead atoms. The molecule has 0 radical (unpaired) electrons. The van der Waals surface area contributed by atoms with Crippen molar-refractivity contribution < 1.29 is 10.2 Å². The molecular formula is C18H27NO2. The molecule has 2 aliphatic rings. The summed E-state index contributed by atoms with van der Waals surface area (Å²) in [6.45, 7) is 10.6. The number of piperidine rings is 1. The zero-order valence-electron chi connectivity index (χ0n) is 13.1. The largest absolute Gasteiger partial charge is 0.392 e. The molecule has 116 valence electrons. The van der Waals surface area contributed by atoms with Gasteiger partial charge in [0, 0.05) is 25.6 Å². The molecule has 1 aromatic rings. The lowest BCUT2D eigenvalue weighted by atomic mass is 9.71. The minimum absolute atomic E-state index is 0.00997. The summed E-state index contributed by atoms with van der Waals surface area (Å²) in [5, 5.41) is 20.1. The highest BCUT2D eigenvalue weighted by Crippen LogP contribution is 2.46. The Balaban J connectivity index is 0.000000774. The van der Waals surface area contributed by atoms with Crippen LogP contribution in [0.2, 0.25) is 0 Å². The number of likely N-dealkylation sites (tertiary alicyclic amines) is 1. The van der Waals surface area contributed by atoms with E-state index in [4.69, 9.17) is 0 Å². The summed E-state index contributed by atoms with van der Waals surface area (Å²) in [6, 6.07) is 6.02. The van der Waals surface area contributed by atoms with Gasteiger partial charge in [-0.05, 0) is 29.0 Å². The lowest BCUT2D eigenvalue weighted by Gasteiger charge is -2.45. The summed E-state index contributed by atoms with van der Waals surface area (Å²) in [5.74, 6) is 0.752. The van der Waals surface area contributed by atoms with E-state index in [1.807, 2.05) is 32.1 Å². The van der Waals surface area contributed by atoms with Crippen LogP contribution >= 0.6 is 0 Å². The molecule has 1 fully saturated rings. The predicted octanol–water partition coefficient (Wildman–Crippen LogP) is 2.84. The van der Waals surface area contributed by atoms with E-state index < -0.39 is 6.10 Å². The monoisotopic (exact) mass is 289 g/mol. The maximum absolute atomic E-state index is 10.6. The highest BCUT2D eigenvalue weighted by molar-refractivity contribution is 5.42. The standard InChI is InChI=1S/C16H21NO2.C2H6/c1-2-6-17-8-12-7-13(9-17)16(19)15-11(10-18)4-3-5-14(12)15;1-2/h2-5,12-13,16,18-19H,1,6-10H2;1-2H3. The number of fused-ring (bicyclic) bond motifs is 4. The lowest BCUT2D eigenvalue weighted by molar-refractivity contribution is 0.0303. The van der Waals surface area contributed by atoms with Crippen molar-refractivity contribution in [1.82, 2.24) is 4.90 Å². The van der Waals surface area contributed by atoms with Crippen LogP contribution < -0.4 is 0 Å². The molecule has 3 rings (SSSR count). The maximum atomic E-state index is 10.6. The van der Waals surface area contributed by atoms with Crippen LogP contribution in [0.25, 0.3) is 0 Å². The minimum Gasteiger partial charge on any atom is -0.392 e. The molecule has 3 unspecified atom stereocenters. The Morgan fingerprint density at radius 2 is 2.10 bits per heavy atom. The van der Waals surface area contributed by atoms with E-state index in [9.17, 15) is 10.2 Å². The van der Waals surface area contributed by atoms with E-state index in [1.165, 1.54) is 5.56 Å². The van der Waals surface area contributed by atoms with Crippen molar-refractivity contribution in [3.8, 4) is 0 Å². The number of aliphatic hydroxyl groups is 2. The van der Waals surface area contributed by atoms with Gasteiger partial charge in [-0.2, -0.15) is 0 Å². The van der Waals surface area contributed by atoms with Crippen LogP contribution in [0.5, 0.6) is 0 Å². The van der Waals surface area contributed by atoms with Crippen LogP contribution in [-0.2, 0) is 6.61 Å². The fraction of sp³-hybridized carbons (Fsp3) is 0.556. The van der Waals surface area contributed by atoms with Crippen LogP contribution in [0.15, 0.2) is 30.9 Å². The molecule has 21 heavy (non-hydrogen) atoms. The Labute approximate surface area is 127 Å². The second-order valence-electron chi connectivity index (χ2n) is 5.72. The molecule has 1 aliphatic carbocycles. The Hall–Kier alpha value is -1.16. The Morgan fingerprint density at radius 1 is 1.33 bits per heavy atom. The van der Waals surface area contributed by atoms with E-state index in [-0.39, 0.29) is 12.5 Å². The van der Waals surface area contributed by atoms with Crippen molar-refractivity contribution in [2.24, 2.45) is 5.92 Å². The second-order valence-corrected chi connectivity index (χ2v) is 5.72. The molecule has 1 heterocycles. The fourth-order valence-corrected chi connectivity index (χ4v) is 3.74. The van der Waals surface area contributed by atoms with Gasteiger partial charge in [-0.1, -0.05) is 38.1 Å². The summed E-state index contributed by atoms with van der Waals surface area (Å²) in [5.41, 5.74) is 3.10.